The van der Waals surface area contributed by atoms with E-state index in [-0.39, 0.29) is 6.61 Å². The molecule has 0 bridgehead atoms. The Kier molecular flexibility index (Phi) is 7.93. The van der Waals surface area contributed by atoms with Gasteiger partial charge in [0.1, 0.15) is 24.4 Å². The molecule has 1 N–H and O–H groups in total. The van der Waals surface area contributed by atoms with Crippen LogP contribution in [0.25, 0.3) is 0 Å². The molecule has 1 saturated heterocycles. The SMILES string of the molecule is [2H][C@H]1O[C@H](COCc2ccccc2)[C@@H](OCc2ccccc2)[C@H](OCc2ccccc2)[C@@H]1O. The van der Waals surface area contributed by atoms with Crippen LogP contribution in [0.3, 0.4) is 0 Å². The zero-order valence-electron chi connectivity index (χ0n) is 19.0. The molecule has 1 aliphatic heterocycles. The van der Waals surface area contributed by atoms with E-state index in [2.05, 4.69) is 0 Å². The van der Waals surface area contributed by atoms with Crippen molar-refractivity contribution >= 4 is 0 Å². The van der Waals surface area contributed by atoms with Gasteiger partial charge in [0.05, 0.1) is 34.4 Å². The van der Waals surface area contributed by atoms with Crippen LogP contribution in [0, 0.1) is 0 Å². The smallest absolute Gasteiger partial charge is 0.115 e. The fourth-order valence-corrected chi connectivity index (χ4v) is 3.67. The number of aliphatic hydroxyl groups excluding tert-OH is 1. The molecule has 0 aromatic heterocycles. The highest BCUT2D eigenvalue weighted by Gasteiger charge is 2.41. The first kappa shape index (κ1) is 21.3. The molecule has 1 aliphatic rings. The Morgan fingerprint density at radius 3 is 1.72 bits per heavy atom. The molecule has 0 radical (unpaired) electrons. The molecule has 4 rings (SSSR count). The average molecular weight is 436 g/mol. The topological polar surface area (TPSA) is 57.2 Å². The third-order valence-corrected chi connectivity index (χ3v) is 5.38. The zero-order chi connectivity index (χ0) is 22.9. The monoisotopic (exact) mass is 435 g/mol. The third-order valence-electron chi connectivity index (χ3n) is 5.38. The maximum atomic E-state index is 10.7. The van der Waals surface area contributed by atoms with Crippen molar-refractivity contribution in [3.63, 3.8) is 0 Å². The van der Waals surface area contributed by atoms with Gasteiger partial charge in [-0.2, -0.15) is 0 Å². The Morgan fingerprint density at radius 1 is 0.719 bits per heavy atom. The molecular formula is C27H30O5. The van der Waals surface area contributed by atoms with Crippen molar-refractivity contribution < 1.29 is 25.4 Å². The lowest BCUT2D eigenvalue weighted by molar-refractivity contribution is -0.234. The highest BCUT2D eigenvalue weighted by atomic mass is 16.6. The fraction of sp³-hybridized carbons (Fsp3) is 0.333. The van der Waals surface area contributed by atoms with Gasteiger partial charge < -0.3 is 24.1 Å². The van der Waals surface area contributed by atoms with Gasteiger partial charge >= 0.3 is 0 Å². The Balaban J connectivity index is 1.46. The van der Waals surface area contributed by atoms with E-state index in [9.17, 15) is 5.11 Å². The number of ether oxygens (including phenoxy) is 4. The molecule has 0 saturated carbocycles. The summed E-state index contributed by atoms with van der Waals surface area (Å²) in [6.07, 6.45) is -3.01. The van der Waals surface area contributed by atoms with Crippen molar-refractivity contribution in [3.05, 3.63) is 108 Å². The summed E-state index contributed by atoms with van der Waals surface area (Å²) in [7, 11) is 0. The highest BCUT2D eigenvalue weighted by molar-refractivity contribution is 5.15. The van der Waals surface area contributed by atoms with Crippen molar-refractivity contribution in [2.45, 2.75) is 44.2 Å². The molecule has 0 amide bonds. The molecule has 0 spiro atoms. The summed E-state index contributed by atoms with van der Waals surface area (Å²) in [4.78, 5) is 0. The molecule has 0 aliphatic carbocycles. The summed E-state index contributed by atoms with van der Waals surface area (Å²) in [6, 6.07) is 29.4. The van der Waals surface area contributed by atoms with Crippen LogP contribution in [0.5, 0.6) is 0 Å². The van der Waals surface area contributed by atoms with E-state index < -0.39 is 31.0 Å². The lowest BCUT2D eigenvalue weighted by atomic mass is 9.99. The minimum atomic E-state index is -1.15. The molecule has 168 valence electrons. The molecule has 5 atom stereocenters. The Morgan fingerprint density at radius 2 is 1.19 bits per heavy atom. The predicted molar refractivity (Wildman–Crippen MR) is 122 cm³/mol. The van der Waals surface area contributed by atoms with Crippen molar-refractivity contribution in [3.8, 4) is 0 Å². The van der Waals surface area contributed by atoms with E-state index in [1.807, 2.05) is 91.0 Å². The summed E-state index contributed by atoms with van der Waals surface area (Å²) in [5.41, 5.74) is 3.04. The normalized spacial score (nSPS) is 25.9. The van der Waals surface area contributed by atoms with Crippen LogP contribution >= 0.6 is 0 Å². The van der Waals surface area contributed by atoms with Gasteiger partial charge in [-0.25, -0.2) is 0 Å². The Hall–Kier alpha value is -2.54. The molecule has 1 heterocycles. The van der Waals surface area contributed by atoms with E-state index in [0.717, 1.165) is 16.7 Å². The van der Waals surface area contributed by atoms with Gasteiger partial charge in [0, 0.05) is 0 Å². The molecule has 3 aromatic carbocycles. The minimum Gasteiger partial charge on any atom is -0.388 e. The van der Waals surface area contributed by atoms with E-state index in [1.54, 1.807) is 0 Å². The molecule has 5 heteroatoms. The zero-order valence-corrected chi connectivity index (χ0v) is 18.0. The number of aliphatic hydroxyl groups is 1. The Labute approximate surface area is 190 Å². The second kappa shape index (κ2) is 11.9. The third kappa shape index (κ3) is 6.48. The van der Waals surface area contributed by atoms with Crippen LogP contribution in [0.2, 0.25) is 0 Å². The minimum absolute atomic E-state index is 0.224. The lowest BCUT2D eigenvalue weighted by Crippen LogP contribution is -2.56. The van der Waals surface area contributed by atoms with Crippen LogP contribution < -0.4 is 0 Å². The summed E-state index contributed by atoms with van der Waals surface area (Å²) in [5.74, 6) is 0. The Bertz CT molecular complexity index is 941. The van der Waals surface area contributed by atoms with E-state index in [0.29, 0.717) is 19.8 Å². The lowest BCUT2D eigenvalue weighted by Gasteiger charge is -2.40. The molecular weight excluding hydrogens is 404 g/mol. The molecule has 1 fully saturated rings. The van der Waals surface area contributed by atoms with E-state index >= 15 is 0 Å². The van der Waals surface area contributed by atoms with Gasteiger partial charge in [-0.1, -0.05) is 91.0 Å². The summed E-state index contributed by atoms with van der Waals surface area (Å²) >= 11 is 0. The summed E-state index contributed by atoms with van der Waals surface area (Å²) in [5, 5.41) is 10.7. The van der Waals surface area contributed by atoms with Crippen molar-refractivity contribution in [2.75, 3.05) is 13.2 Å². The summed E-state index contributed by atoms with van der Waals surface area (Å²) in [6.45, 7) is 0.143. The maximum Gasteiger partial charge on any atom is 0.115 e. The molecule has 5 nitrogen and oxygen atoms in total. The molecule has 32 heavy (non-hydrogen) atoms. The van der Waals surface area contributed by atoms with Crippen LogP contribution in [0.1, 0.15) is 18.1 Å². The summed E-state index contributed by atoms with van der Waals surface area (Å²) < 4.78 is 32.3. The second-order valence-corrected chi connectivity index (χ2v) is 7.82. The largest absolute Gasteiger partial charge is 0.388 e. The highest BCUT2D eigenvalue weighted by Crippen LogP contribution is 2.24. The number of benzene rings is 3. The van der Waals surface area contributed by atoms with Crippen molar-refractivity contribution in [2.24, 2.45) is 0 Å². The first-order valence-corrected chi connectivity index (χ1v) is 10.9. The van der Waals surface area contributed by atoms with Gasteiger partial charge in [0.2, 0.25) is 0 Å². The standard InChI is InChI=1S/C27H30O5/c28-24-19-30-25(20-29-16-21-10-4-1-5-11-21)27(32-18-23-14-8-3-9-15-23)26(24)31-17-22-12-6-2-7-13-22/h1-15,24-28H,16-20H2/t24-,25-,26-,27-/m1/s1/i19D/t19-,24-,25-,26-,27-. The maximum absolute atomic E-state index is 10.7. The van der Waals surface area contributed by atoms with Crippen molar-refractivity contribution in [1.29, 1.82) is 0 Å². The number of hydrogen-bond acceptors (Lipinski definition) is 5. The van der Waals surface area contributed by atoms with Crippen LogP contribution in [0.4, 0.5) is 0 Å². The number of rotatable bonds is 10. The van der Waals surface area contributed by atoms with Gasteiger partial charge in [-0.05, 0) is 16.7 Å². The van der Waals surface area contributed by atoms with Crippen LogP contribution in [0.15, 0.2) is 91.0 Å². The average Bonchev–Trinajstić information content (AvgIpc) is 2.86. The van der Waals surface area contributed by atoms with Crippen LogP contribution in [-0.4, -0.2) is 42.7 Å². The first-order chi connectivity index (χ1) is 16.2. The first-order valence-electron chi connectivity index (χ1n) is 11.5. The quantitative estimate of drug-likeness (QED) is 0.519. The van der Waals surface area contributed by atoms with Crippen LogP contribution in [-0.2, 0) is 38.8 Å². The predicted octanol–water partition coefficient (Wildman–Crippen LogP) is 4.13. The number of hydrogen-bond donors (Lipinski definition) is 1. The van der Waals surface area contributed by atoms with E-state index in [1.165, 1.54) is 0 Å². The molecule has 0 unspecified atom stereocenters. The van der Waals surface area contributed by atoms with Gasteiger partial charge in [0.25, 0.3) is 0 Å². The van der Waals surface area contributed by atoms with Gasteiger partial charge in [0.15, 0.2) is 0 Å². The second-order valence-electron chi connectivity index (χ2n) is 7.82. The fourth-order valence-electron chi connectivity index (χ4n) is 3.67. The van der Waals surface area contributed by atoms with Gasteiger partial charge in [-0.3, -0.25) is 0 Å². The van der Waals surface area contributed by atoms with E-state index in [4.69, 9.17) is 20.3 Å². The van der Waals surface area contributed by atoms with Gasteiger partial charge in [-0.15, -0.1) is 0 Å². The molecule has 3 aromatic rings. The van der Waals surface area contributed by atoms with Crippen molar-refractivity contribution in [1.82, 2.24) is 0 Å².